The molecular formula is C22H34Cl2OSiTi. The average Bonchev–Trinajstić information content (AvgIpc) is 2.75. The van der Waals surface area contributed by atoms with Crippen LogP contribution in [0.3, 0.4) is 0 Å². The molecule has 0 heterocycles. The van der Waals surface area contributed by atoms with Crippen molar-refractivity contribution in [1.82, 2.24) is 0 Å². The number of phenols is 1. The van der Waals surface area contributed by atoms with Gasteiger partial charge in [0.05, 0.1) is 10.2 Å². The number of phenolic OH excluding ortho intramolecular Hbond substituents is 1. The first kappa shape index (κ1) is 31.6. The number of rotatable bonds is 0. The zero-order valence-electron chi connectivity index (χ0n) is 18.3. The third kappa shape index (κ3) is 9.28. The molecule has 0 amide bonds. The topological polar surface area (TPSA) is 20.2 Å². The minimum absolute atomic E-state index is 0. The van der Waals surface area contributed by atoms with Crippen molar-refractivity contribution in [3.05, 3.63) is 45.0 Å². The first-order valence-electron chi connectivity index (χ1n) is 8.63. The first-order valence-corrected chi connectivity index (χ1v) is 9.91. The van der Waals surface area contributed by atoms with Crippen LogP contribution in [0.25, 0.3) is 0 Å². The number of hydrogen-bond acceptors (Lipinski definition) is 1. The van der Waals surface area contributed by atoms with Crippen molar-refractivity contribution >= 4 is 44.1 Å². The average molecular weight is 461 g/mol. The third-order valence-corrected chi connectivity index (χ3v) is 5.57. The number of allylic oxidation sites excluding steroid dienone is 4. The second-order valence-corrected chi connectivity index (χ2v) is 9.08. The van der Waals surface area contributed by atoms with Crippen molar-refractivity contribution in [2.45, 2.75) is 69.2 Å². The summed E-state index contributed by atoms with van der Waals surface area (Å²) in [5.74, 6) is 0.966. The summed E-state index contributed by atoms with van der Waals surface area (Å²) >= 11 is 2.08. The fraction of sp³-hybridized carbons (Fsp3) is 0.500. The summed E-state index contributed by atoms with van der Waals surface area (Å²) in [4.78, 5) is 0. The molecule has 1 aliphatic rings. The predicted octanol–water partition coefficient (Wildman–Crippen LogP) is 5.73. The molecule has 27 heavy (non-hydrogen) atoms. The van der Waals surface area contributed by atoms with Crippen molar-refractivity contribution in [1.29, 1.82) is 0 Å². The van der Waals surface area contributed by atoms with Gasteiger partial charge in [-0.25, -0.2) is 5.57 Å². The van der Waals surface area contributed by atoms with E-state index in [1.165, 1.54) is 26.1 Å². The molecule has 2 rings (SSSR count). The van der Waals surface area contributed by atoms with Gasteiger partial charge >= 0.3 is 37.6 Å². The molecular weight excluding hydrogens is 427 g/mol. The molecule has 0 aromatic heterocycles. The van der Waals surface area contributed by atoms with Gasteiger partial charge in [-0.05, 0) is 49.9 Å². The SMILES string of the molecule is CC1=[C-]C(C)C(C)=C1C.C[C](C)=[Ti+].Cc1c(C)c(O)c(C)c([Si])c1C.Cl.Cl. The third-order valence-electron chi connectivity index (χ3n) is 4.82. The second kappa shape index (κ2) is 14.0. The van der Waals surface area contributed by atoms with E-state index < -0.39 is 0 Å². The summed E-state index contributed by atoms with van der Waals surface area (Å²) in [5.41, 5.74) is 8.51. The van der Waals surface area contributed by atoms with E-state index in [-0.39, 0.29) is 24.8 Å². The molecule has 1 aromatic carbocycles. The second-order valence-electron chi connectivity index (χ2n) is 7.02. The Balaban J connectivity index is -0.000000343. The Hall–Kier alpha value is -0.119. The van der Waals surface area contributed by atoms with Gasteiger partial charge in [-0.1, -0.05) is 31.9 Å². The molecule has 0 spiro atoms. The minimum atomic E-state index is 0. The Morgan fingerprint density at radius 3 is 1.56 bits per heavy atom. The van der Waals surface area contributed by atoms with Gasteiger partial charge in [-0.15, -0.1) is 31.7 Å². The van der Waals surface area contributed by atoms with Gasteiger partial charge in [0, 0.05) is 0 Å². The molecule has 0 bridgehead atoms. The molecule has 0 aliphatic heterocycles. The van der Waals surface area contributed by atoms with Gasteiger partial charge < -0.3 is 5.11 Å². The molecule has 3 radical (unpaired) electrons. The predicted molar refractivity (Wildman–Crippen MR) is 123 cm³/mol. The van der Waals surface area contributed by atoms with E-state index >= 15 is 0 Å². The fourth-order valence-electron chi connectivity index (χ4n) is 2.49. The summed E-state index contributed by atoms with van der Waals surface area (Å²) in [6.45, 7) is 20.8. The Labute approximate surface area is 194 Å². The van der Waals surface area contributed by atoms with Crippen molar-refractivity contribution in [3.63, 3.8) is 0 Å². The molecule has 150 valence electrons. The van der Waals surface area contributed by atoms with Crippen LogP contribution in [0.2, 0.25) is 0 Å². The van der Waals surface area contributed by atoms with E-state index in [2.05, 4.69) is 84.8 Å². The first-order chi connectivity index (χ1) is 11.3. The molecule has 1 nitrogen and oxygen atoms in total. The van der Waals surface area contributed by atoms with Crippen molar-refractivity contribution < 1.29 is 25.1 Å². The van der Waals surface area contributed by atoms with Crippen LogP contribution in [-0.2, 0) is 20.0 Å². The summed E-state index contributed by atoms with van der Waals surface area (Å²) in [6, 6.07) is 0. The van der Waals surface area contributed by atoms with Crippen LogP contribution < -0.4 is 5.19 Å². The van der Waals surface area contributed by atoms with Crippen LogP contribution >= 0.6 is 24.8 Å². The molecule has 0 saturated heterocycles. The Morgan fingerprint density at radius 1 is 0.889 bits per heavy atom. The zero-order valence-corrected chi connectivity index (χ0v) is 22.5. The summed E-state index contributed by atoms with van der Waals surface area (Å²) in [6.07, 6.45) is 3.36. The maximum Gasteiger partial charge on any atom is 0.121 e. The smallest absolute Gasteiger partial charge is 0.121 e. The van der Waals surface area contributed by atoms with Gasteiger partial charge in [0.25, 0.3) is 0 Å². The number of aromatic hydroxyl groups is 1. The Kier molecular flexibility index (Phi) is 16.3. The van der Waals surface area contributed by atoms with E-state index in [0.29, 0.717) is 11.7 Å². The number of hydrogen-bond donors (Lipinski definition) is 1. The van der Waals surface area contributed by atoms with E-state index in [1.807, 2.05) is 20.8 Å². The maximum absolute atomic E-state index is 9.66. The normalized spacial score (nSPS) is 14.7. The number of halogens is 2. The van der Waals surface area contributed by atoms with Gasteiger partial charge in [0.1, 0.15) is 5.75 Å². The summed E-state index contributed by atoms with van der Waals surface area (Å²) in [5, 5.41) is 10.7. The van der Waals surface area contributed by atoms with Crippen LogP contribution in [0.4, 0.5) is 0 Å². The van der Waals surface area contributed by atoms with Crippen molar-refractivity contribution in [3.8, 4) is 5.75 Å². The van der Waals surface area contributed by atoms with Crippen LogP contribution in [0, 0.1) is 39.7 Å². The molecule has 0 fully saturated rings. The molecule has 5 heteroatoms. The van der Waals surface area contributed by atoms with Gasteiger partial charge in [-0.3, -0.25) is 6.08 Å². The van der Waals surface area contributed by atoms with Crippen LogP contribution in [0.5, 0.6) is 5.75 Å². The molecule has 1 atom stereocenters. The molecule has 1 aliphatic carbocycles. The Bertz CT molecular complexity index is 613. The van der Waals surface area contributed by atoms with Gasteiger partial charge in [0.2, 0.25) is 0 Å². The van der Waals surface area contributed by atoms with Crippen LogP contribution in [-0.4, -0.2) is 19.2 Å². The van der Waals surface area contributed by atoms with Crippen LogP contribution in [0.1, 0.15) is 63.8 Å². The summed E-state index contributed by atoms with van der Waals surface area (Å²) < 4.78 is 1.42. The standard InChI is InChI=1S/C10H13OSi.C9H13.C3H6.2ClH.Ti/c1-5-6(2)9(11)8(4)10(12)7(5)3;1-6-5-7(2)9(4)8(6)3;1-3-2;;;/h11H,1-4H3;6H,1-4H3;1-2H3;2*1H;/q;-1;;;;+1. The van der Waals surface area contributed by atoms with E-state index in [4.69, 9.17) is 0 Å². The molecule has 1 N–H and O–H groups in total. The van der Waals surface area contributed by atoms with Crippen LogP contribution in [0.15, 0.2) is 16.7 Å². The quantitative estimate of drug-likeness (QED) is 0.387. The largest absolute Gasteiger partial charge is 0.507 e. The van der Waals surface area contributed by atoms with Crippen molar-refractivity contribution in [2.75, 3.05) is 0 Å². The zero-order chi connectivity index (χ0) is 20.1. The monoisotopic (exact) mass is 460 g/mol. The maximum atomic E-state index is 9.66. The number of benzene rings is 1. The van der Waals surface area contributed by atoms with Crippen molar-refractivity contribution in [2.24, 2.45) is 5.92 Å². The van der Waals surface area contributed by atoms with E-state index in [1.54, 1.807) is 0 Å². The van der Waals surface area contributed by atoms with E-state index in [0.717, 1.165) is 21.9 Å². The fourth-order valence-corrected chi connectivity index (χ4v) is 2.79. The van der Waals surface area contributed by atoms with Gasteiger partial charge in [0.15, 0.2) is 0 Å². The van der Waals surface area contributed by atoms with E-state index in [9.17, 15) is 5.11 Å². The summed E-state index contributed by atoms with van der Waals surface area (Å²) in [7, 11) is 3.51. The molecule has 1 aromatic rings. The Morgan fingerprint density at radius 2 is 1.30 bits per heavy atom. The molecule has 0 saturated carbocycles. The minimum Gasteiger partial charge on any atom is -0.507 e. The molecule has 1 unspecified atom stereocenters. The van der Waals surface area contributed by atoms with Gasteiger partial charge in [-0.2, -0.15) is 11.1 Å².